The molecule has 0 unspecified atom stereocenters. The van der Waals surface area contributed by atoms with Crippen LogP contribution in [0.4, 0.5) is 0 Å². The fourth-order valence-corrected chi connectivity index (χ4v) is 2.41. The van der Waals surface area contributed by atoms with E-state index in [-0.39, 0.29) is 0 Å². The number of fused-ring (bicyclic) bond motifs is 2. The van der Waals surface area contributed by atoms with Gasteiger partial charge in [-0.05, 0) is 47.5 Å². The zero-order chi connectivity index (χ0) is 13.9. The van der Waals surface area contributed by atoms with Crippen molar-refractivity contribution in [1.29, 1.82) is 0 Å². The van der Waals surface area contributed by atoms with Gasteiger partial charge in [0.1, 0.15) is 0 Å². The van der Waals surface area contributed by atoms with Crippen molar-refractivity contribution in [2.45, 2.75) is 13.8 Å². The molecular formula is C20H18. The molecule has 0 bridgehead atoms. The zero-order valence-corrected chi connectivity index (χ0v) is 11.9. The number of hydrogen-bond acceptors (Lipinski definition) is 0. The molecule has 20 heavy (non-hydrogen) atoms. The second-order valence-corrected chi connectivity index (χ2v) is 5.32. The Labute approximate surface area is 120 Å². The van der Waals surface area contributed by atoms with Gasteiger partial charge in [0, 0.05) is 0 Å². The van der Waals surface area contributed by atoms with E-state index in [2.05, 4.69) is 86.6 Å². The van der Waals surface area contributed by atoms with Crippen LogP contribution in [0.1, 0.15) is 11.1 Å². The van der Waals surface area contributed by atoms with E-state index in [0.717, 1.165) is 0 Å². The van der Waals surface area contributed by atoms with Crippen molar-refractivity contribution in [2.24, 2.45) is 0 Å². The summed E-state index contributed by atoms with van der Waals surface area (Å²) in [5.74, 6) is 0. The van der Waals surface area contributed by atoms with Crippen molar-refractivity contribution in [2.75, 3.05) is 0 Å². The summed E-state index contributed by atoms with van der Waals surface area (Å²) >= 11 is 0. The van der Waals surface area contributed by atoms with Crippen LogP contribution in [0, 0.1) is 13.8 Å². The van der Waals surface area contributed by atoms with Crippen LogP contribution < -0.4 is 0 Å². The molecule has 0 aliphatic heterocycles. The maximum Gasteiger partial charge on any atom is -0.0178 e. The minimum absolute atomic E-state index is 1.27. The first-order valence-corrected chi connectivity index (χ1v) is 6.96. The third-order valence-corrected chi connectivity index (χ3v) is 3.61. The minimum Gasteiger partial charge on any atom is -0.0614 e. The van der Waals surface area contributed by atoms with Crippen LogP contribution in [0.3, 0.4) is 0 Å². The number of rotatable bonds is 0. The highest BCUT2D eigenvalue weighted by Gasteiger charge is 1.95. The summed E-state index contributed by atoms with van der Waals surface area (Å²) in [7, 11) is 0. The molecule has 0 fully saturated rings. The number of aryl methyl sites for hydroxylation is 2. The van der Waals surface area contributed by atoms with Crippen molar-refractivity contribution in [3.05, 3.63) is 83.9 Å². The summed E-state index contributed by atoms with van der Waals surface area (Å²) in [4.78, 5) is 0. The minimum atomic E-state index is 1.27. The molecule has 3 rings (SSSR count). The van der Waals surface area contributed by atoms with Gasteiger partial charge in [0.25, 0.3) is 0 Å². The first kappa shape index (κ1) is 12.7. The van der Waals surface area contributed by atoms with Crippen LogP contribution in [-0.2, 0) is 0 Å². The SMILES string of the molecule is Cc1cccc2cc3ccc(C)cccc3cc2cc1. The molecule has 0 heteroatoms. The average molecular weight is 258 g/mol. The Bertz CT molecular complexity index is 755. The van der Waals surface area contributed by atoms with E-state index in [9.17, 15) is 0 Å². The molecule has 0 saturated carbocycles. The van der Waals surface area contributed by atoms with E-state index in [1.165, 1.54) is 32.7 Å². The highest BCUT2D eigenvalue weighted by atomic mass is 14.0. The summed E-state index contributed by atoms with van der Waals surface area (Å²) in [5.41, 5.74) is 2.54. The van der Waals surface area contributed by atoms with Gasteiger partial charge in [0.05, 0.1) is 0 Å². The second kappa shape index (κ2) is 5.34. The molecule has 0 saturated heterocycles. The summed E-state index contributed by atoms with van der Waals surface area (Å²) < 4.78 is 0. The Hall–Kier alpha value is -2.34. The summed E-state index contributed by atoms with van der Waals surface area (Å²) in [6, 6.07) is 26.1. The van der Waals surface area contributed by atoms with Crippen molar-refractivity contribution in [3.63, 3.8) is 0 Å². The van der Waals surface area contributed by atoms with Gasteiger partial charge in [-0.25, -0.2) is 0 Å². The Morgan fingerprint density at radius 1 is 0.450 bits per heavy atom. The lowest BCUT2D eigenvalue weighted by Gasteiger charge is -2.00. The Morgan fingerprint density at radius 2 is 0.850 bits per heavy atom. The van der Waals surface area contributed by atoms with Crippen LogP contribution in [0.25, 0.3) is 21.5 Å². The number of hydrogen-bond donors (Lipinski definition) is 0. The molecule has 98 valence electrons. The standard InChI is InChI=1S/C20H18/c1-15-5-3-7-17-14-20-12-10-16(2)6-4-8-18(20)13-19(17)11-9-15/h3-14H,1-2H3. The van der Waals surface area contributed by atoms with Gasteiger partial charge >= 0.3 is 0 Å². The summed E-state index contributed by atoms with van der Waals surface area (Å²) in [6.45, 7) is 4.24. The highest BCUT2D eigenvalue weighted by Crippen LogP contribution is 2.21. The van der Waals surface area contributed by atoms with Crippen LogP contribution >= 0.6 is 0 Å². The third-order valence-electron chi connectivity index (χ3n) is 3.61. The molecule has 0 heterocycles. The predicted molar refractivity (Wildman–Crippen MR) is 88.6 cm³/mol. The van der Waals surface area contributed by atoms with Crippen molar-refractivity contribution >= 4 is 21.5 Å². The van der Waals surface area contributed by atoms with E-state index in [1.807, 2.05) is 0 Å². The fourth-order valence-electron chi connectivity index (χ4n) is 2.41. The quantitative estimate of drug-likeness (QED) is 0.482. The van der Waals surface area contributed by atoms with Crippen molar-refractivity contribution in [1.82, 2.24) is 0 Å². The van der Waals surface area contributed by atoms with Gasteiger partial charge in [0.15, 0.2) is 0 Å². The van der Waals surface area contributed by atoms with Gasteiger partial charge < -0.3 is 0 Å². The number of benzene rings is 1. The largest absolute Gasteiger partial charge is 0.0614 e. The molecule has 0 amide bonds. The predicted octanol–water partition coefficient (Wildman–Crippen LogP) is 5.73. The van der Waals surface area contributed by atoms with Gasteiger partial charge in [0.2, 0.25) is 0 Å². The second-order valence-electron chi connectivity index (χ2n) is 5.32. The maximum atomic E-state index is 2.26. The molecule has 0 radical (unpaired) electrons. The normalized spacial score (nSPS) is 10.5. The van der Waals surface area contributed by atoms with Crippen LogP contribution in [0.2, 0.25) is 0 Å². The summed E-state index contributed by atoms with van der Waals surface area (Å²) in [6.07, 6.45) is 0. The molecule has 0 spiro atoms. The molecule has 3 aromatic carbocycles. The summed E-state index contributed by atoms with van der Waals surface area (Å²) in [5, 5.41) is 5.08. The monoisotopic (exact) mass is 258 g/mol. The molecule has 0 atom stereocenters. The highest BCUT2D eigenvalue weighted by molar-refractivity contribution is 5.97. The molecule has 0 aliphatic carbocycles. The van der Waals surface area contributed by atoms with E-state index < -0.39 is 0 Å². The topological polar surface area (TPSA) is 0 Å². The van der Waals surface area contributed by atoms with Gasteiger partial charge in [-0.15, -0.1) is 0 Å². The molecule has 0 nitrogen and oxygen atoms in total. The Balaban J connectivity index is 2.41. The molecule has 3 aromatic rings. The van der Waals surface area contributed by atoms with Gasteiger partial charge in [-0.1, -0.05) is 71.8 Å². The Morgan fingerprint density at radius 3 is 1.30 bits per heavy atom. The molecule has 0 N–H and O–H groups in total. The molecular weight excluding hydrogens is 240 g/mol. The lowest BCUT2D eigenvalue weighted by atomic mass is 10.0. The maximum absolute atomic E-state index is 2.26. The lowest BCUT2D eigenvalue weighted by Crippen LogP contribution is -1.75. The molecule has 0 aromatic heterocycles. The fraction of sp³-hybridized carbons (Fsp3) is 0.100. The Kier molecular flexibility index (Phi) is 3.39. The van der Waals surface area contributed by atoms with E-state index in [4.69, 9.17) is 0 Å². The van der Waals surface area contributed by atoms with Crippen LogP contribution in [0.15, 0.2) is 72.8 Å². The zero-order valence-electron chi connectivity index (χ0n) is 11.9. The average Bonchev–Trinajstić information content (AvgIpc) is 2.40. The van der Waals surface area contributed by atoms with Crippen LogP contribution in [-0.4, -0.2) is 0 Å². The van der Waals surface area contributed by atoms with E-state index >= 15 is 0 Å². The third kappa shape index (κ3) is 2.65. The van der Waals surface area contributed by atoms with Crippen molar-refractivity contribution in [3.8, 4) is 0 Å². The first-order chi connectivity index (χ1) is 9.72. The van der Waals surface area contributed by atoms with E-state index in [1.54, 1.807) is 0 Å². The van der Waals surface area contributed by atoms with E-state index in [0.29, 0.717) is 0 Å². The smallest absolute Gasteiger partial charge is 0.0178 e. The lowest BCUT2D eigenvalue weighted by molar-refractivity contribution is 1.50. The van der Waals surface area contributed by atoms with Crippen LogP contribution in [0.5, 0.6) is 0 Å². The first-order valence-electron chi connectivity index (χ1n) is 6.96. The molecule has 0 aliphatic rings. The van der Waals surface area contributed by atoms with Gasteiger partial charge in [-0.2, -0.15) is 0 Å². The van der Waals surface area contributed by atoms with Gasteiger partial charge in [-0.3, -0.25) is 0 Å². The van der Waals surface area contributed by atoms with Crippen molar-refractivity contribution < 1.29 is 0 Å².